The van der Waals surface area contributed by atoms with Crippen LogP contribution in [-0.2, 0) is 0 Å². The second-order valence-corrected chi connectivity index (χ2v) is 4.99. The first-order valence-corrected chi connectivity index (χ1v) is 6.05. The minimum atomic E-state index is 0.805. The van der Waals surface area contributed by atoms with E-state index in [4.69, 9.17) is 0 Å². The predicted molar refractivity (Wildman–Crippen MR) is 68.9 cm³/mol. The lowest BCUT2D eigenvalue weighted by molar-refractivity contribution is 0.537. The Balaban J connectivity index is 2.47. The molecular formula is C15H24. The number of allylic oxidation sites excluding steroid dienone is 6. The number of hydrogen-bond acceptors (Lipinski definition) is 0. The third-order valence-electron chi connectivity index (χ3n) is 3.25. The first kappa shape index (κ1) is 12.3. The van der Waals surface area contributed by atoms with Crippen molar-refractivity contribution in [3.05, 3.63) is 34.9 Å². The van der Waals surface area contributed by atoms with E-state index in [0.717, 1.165) is 12.3 Å². The van der Waals surface area contributed by atoms with Gasteiger partial charge in [-0.3, -0.25) is 0 Å². The molecule has 0 unspecified atom stereocenters. The lowest BCUT2D eigenvalue weighted by Crippen LogP contribution is -2.05. The standard InChI is InChI=1S/C15H24/c1-12(2)6-5-7-14(4)15-10-8-13(3)9-11-15/h6-8,15H,5,9-11H2,1-4H3/t15-/m0/s1. The molecule has 15 heavy (non-hydrogen) atoms. The van der Waals surface area contributed by atoms with Crippen LogP contribution < -0.4 is 0 Å². The highest BCUT2D eigenvalue weighted by Gasteiger charge is 2.13. The number of rotatable bonds is 3. The predicted octanol–water partition coefficient (Wildman–Crippen LogP) is 5.04. The van der Waals surface area contributed by atoms with Crippen molar-refractivity contribution in [3.63, 3.8) is 0 Å². The molecule has 0 aromatic rings. The highest BCUT2D eigenvalue weighted by Crippen LogP contribution is 2.28. The molecule has 1 aliphatic carbocycles. The van der Waals surface area contributed by atoms with Crippen molar-refractivity contribution >= 4 is 0 Å². The topological polar surface area (TPSA) is 0 Å². The molecule has 0 aliphatic heterocycles. The quantitative estimate of drug-likeness (QED) is 0.565. The van der Waals surface area contributed by atoms with Gasteiger partial charge in [0, 0.05) is 0 Å². The lowest BCUT2D eigenvalue weighted by atomic mass is 9.85. The smallest absolute Gasteiger partial charge is 0.0164 e. The monoisotopic (exact) mass is 204 g/mol. The fraction of sp³-hybridized carbons (Fsp3) is 0.600. The Morgan fingerprint density at radius 3 is 2.60 bits per heavy atom. The summed E-state index contributed by atoms with van der Waals surface area (Å²) in [5, 5.41) is 0. The molecule has 0 saturated heterocycles. The van der Waals surface area contributed by atoms with Crippen molar-refractivity contribution < 1.29 is 0 Å². The molecular weight excluding hydrogens is 180 g/mol. The lowest BCUT2D eigenvalue weighted by Gasteiger charge is -2.21. The van der Waals surface area contributed by atoms with Crippen LogP contribution in [0.5, 0.6) is 0 Å². The zero-order valence-electron chi connectivity index (χ0n) is 10.6. The molecule has 0 spiro atoms. The van der Waals surface area contributed by atoms with Gasteiger partial charge in [-0.15, -0.1) is 0 Å². The van der Waals surface area contributed by atoms with Gasteiger partial charge in [-0.05, 0) is 59.3 Å². The summed E-state index contributed by atoms with van der Waals surface area (Å²) in [5.74, 6) is 0.805. The maximum atomic E-state index is 2.41. The molecule has 1 aliphatic rings. The molecule has 0 nitrogen and oxygen atoms in total. The van der Waals surface area contributed by atoms with Crippen molar-refractivity contribution in [1.29, 1.82) is 0 Å². The first-order chi connectivity index (χ1) is 7.09. The molecule has 1 atom stereocenters. The molecule has 0 fully saturated rings. The SMILES string of the molecule is CC(C)=CCC=C(C)[C@H]1CC=C(C)CC1. The van der Waals surface area contributed by atoms with Gasteiger partial charge in [0.2, 0.25) is 0 Å². The zero-order chi connectivity index (χ0) is 11.3. The van der Waals surface area contributed by atoms with Crippen LogP contribution in [0.4, 0.5) is 0 Å². The molecule has 0 radical (unpaired) electrons. The van der Waals surface area contributed by atoms with Crippen molar-refractivity contribution in [2.75, 3.05) is 0 Å². The fourth-order valence-electron chi connectivity index (χ4n) is 2.03. The third-order valence-corrected chi connectivity index (χ3v) is 3.25. The van der Waals surface area contributed by atoms with E-state index in [0.29, 0.717) is 0 Å². The highest BCUT2D eigenvalue weighted by atomic mass is 14.2. The van der Waals surface area contributed by atoms with Crippen LogP contribution in [0.25, 0.3) is 0 Å². The summed E-state index contributed by atoms with van der Waals surface area (Å²) in [6, 6.07) is 0. The van der Waals surface area contributed by atoms with Crippen molar-refractivity contribution in [2.45, 2.75) is 53.4 Å². The van der Waals surface area contributed by atoms with E-state index in [1.54, 1.807) is 11.1 Å². The minimum Gasteiger partial charge on any atom is -0.0850 e. The highest BCUT2D eigenvalue weighted by molar-refractivity contribution is 5.14. The van der Waals surface area contributed by atoms with Crippen molar-refractivity contribution in [1.82, 2.24) is 0 Å². The second-order valence-electron chi connectivity index (χ2n) is 4.99. The van der Waals surface area contributed by atoms with Crippen LogP contribution in [0.2, 0.25) is 0 Å². The molecule has 0 N–H and O–H groups in total. The summed E-state index contributed by atoms with van der Waals surface area (Å²) in [6.07, 6.45) is 12.1. The van der Waals surface area contributed by atoms with Crippen LogP contribution in [0.15, 0.2) is 34.9 Å². The van der Waals surface area contributed by atoms with E-state index in [1.807, 2.05) is 0 Å². The molecule has 0 aromatic heterocycles. The summed E-state index contributed by atoms with van der Waals surface area (Å²) < 4.78 is 0. The molecule has 1 rings (SSSR count). The Morgan fingerprint density at radius 1 is 1.33 bits per heavy atom. The van der Waals surface area contributed by atoms with Gasteiger partial charge in [-0.2, -0.15) is 0 Å². The normalized spacial score (nSPS) is 22.3. The van der Waals surface area contributed by atoms with Crippen LogP contribution >= 0.6 is 0 Å². The van der Waals surface area contributed by atoms with Crippen LogP contribution in [0.1, 0.15) is 53.4 Å². The Kier molecular flexibility index (Phi) is 4.87. The molecule has 0 heteroatoms. The van der Waals surface area contributed by atoms with Crippen molar-refractivity contribution in [3.8, 4) is 0 Å². The average Bonchev–Trinajstić information content (AvgIpc) is 2.18. The molecule has 0 heterocycles. The van der Waals surface area contributed by atoms with E-state index in [2.05, 4.69) is 45.9 Å². The molecule has 0 saturated carbocycles. The van der Waals surface area contributed by atoms with Crippen molar-refractivity contribution in [2.24, 2.45) is 5.92 Å². The van der Waals surface area contributed by atoms with E-state index in [-0.39, 0.29) is 0 Å². The van der Waals surface area contributed by atoms with Gasteiger partial charge in [-0.25, -0.2) is 0 Å². The van der Waals surface area contributed by atoms with E-state index in [1.165, 1.54) is 24.8 Å². The molecule has 0 amide bonds. The van der Waals surface area contributed by atoms with Gasteiger partial charge in [0.25, 0.3) is 0 Å². The van der Waals surface area contributed by atoms with E-state index >= 15 is 0 Å². The molecule has 0 bridgehead atoms. The molecule has 84 valence electrons. The zero-order valence-corrected chi connectivity index (χ0v) is 10.6. The maximum Gasteiger partial charge on any atom is -0.0164 e. The Hall–Kier alpha value is -0.780. The van der Waals surface area contributed by atoms with Gasteiger partial charge in [0.1, 0.15) is 0 Å². The van der Waals surface area contributed by atoms with Gasteiger partial charge in [0.05, 0.1) is 0 Å². The van der Waals surface area contributed by atoms with E-state index < -0.39 is 0 Å². The summed E-state index contributed by atoms with van der Waals surface area (Å²) >= 11 is 0. The van der Waals surface area contributed by atoms with Gasteiger partial charge in [0.15, 0.2) is 0 Å². The third kappa shape index (κ3) is 4.51. The maximum absolute atomic E-state index is 2.41. The first-order valence-electron chi connectivity index (χ1n) is 6.05. The molecule has 0 aromatic carbocycles. The van der Waals surface area contributed by atoms with Gasteiger partial charge < -0.3 is 0 Å². The Morgan fingerprint density at radius 2 is 2.07 bits per heavy atom. The fourth-order valence-corrected chi connectivity index (χ4v) is 2.03. The largest absolute Gasteiger partial charge is 0.0850 e. The second kappa shape index (κ2) is 5.95. The Bertz CT molecular complexity index is 285. The van der Waals surface area contributed by atoms with Gasteiger partial charge in [-0.1, -0.05) is 34.9 Å². The minimum absolute atomic E-state index is 0.805. The Labute approximate surface area is 94.8 Å². The average molecular weight is 204 g/mol. The van der Waals surface area contributed by atoms with Crippen LogP contribution in [-0.4, -0.2) is 0 Å². The summed E-state index contributed by atoms with van der Waals surface area (Å²) in [5.41, 5.74) is 4.57. The number of hydrogen-bond donors (Lipinski definition) is 0. The summed E-state index contributed by atoms with van der Waals surface area (Å²) in [4.78, 5) is 0. The van der Waals surface area contributed by atoms with Crippen LogP contribution in [0.3, 0.4) is 0 Å². The van der Waals surface area contributed by atoms with Crippen LogP contribution in [0, 0.1) is 5.92 Å². The summed E-state index contributed by atoms with van der Waals surface area (Å²) in [7, 11) is 0. The van der Waals surface area contributed by atoms with Gasteiger partial charge >= 0.3 is 0 Å². The summed E-state index contributed by atoms with van der Waals surface area (Å²) in [6.45, 7) is 8.86. The van der Waals surface area contributed by atoms with E-state index in [9.17, 15) is 0 Å².